The third-order valence-electron chi connectivity index (χ3n) is 4.63. The van der Waals surface area contributed by atoms with Gasteiger partial charge in [0.15, 0.2) is 0 Å². The van der Waals surface area contributed by atoms with E-state index in [-0.39, 0.29) is 35.4 Å². The molecule has 0 spiro atoms. The summed E-state index contributed by atoms with van der Waals surface area (Å²) in [6.45, 7) is 2.15. The average molecular weight is 436 g/mol. The van der Waals surface area contributed by atoms with E-state index in [1.165, 1.54) is 17.4 Å². The number of aryl methyl sites for hydroxylation is 1. The standard InChI is InChI=1S/C16H19F3N4O3S2/c1-9-13(7-12(27-9)11-6-14(22-21-11)16(17,18)19)28(25,26)23-4-3-10(8-23)5-15(24)20-2/h6-7,10H,3-5,8H2,1-2H3,(H,20,24)(H,21,22). The van der Waals surface area contributed by atoms with E-state index in [4.69, 9.17) is 0 Å². The van der Waals surface area contributed by atoms with Crippen LogP contribution in [0.3, 0.4) is 0 Å². The molecule has 1 aliphatic heterocycles. The van der Waals surface area contributed by atoms with Crippen LogP contribution in [0.25, 0.3) is 10.6 Å². The molecular formula is C16H19F3N4O3S2. The summed E-state index contributed by atoms with van der Waals surface area (Å²) in [5.41, 5.74) is -0.949. The smallest absolute Gasteiger partial charge is 0.359 e. The van der Waals surface area contributed by atoms with Gasteiger partial charge in [0.2, 0.25) is 15.9 Å². The van der Waals surface area contributed by atoms with Crippen molar-refractivity contribution in [2.75, 3.05) is 20.1 Å². The van der Waals surface area contributed by atoms with Gasteiger partial charge in [-0.05, 0) is 31.4 Å². The van der Waals surface area contributed by atoms with Crippen molar-refractivity contribution in [1.82, 2.24) is 19.8 Å². The first-order valence-electron chi connectivity index (χ1n) is 8.46. The van der Waals surface area contributed by atoms with Crippen LogP contribution in [0.1, 0.15) is 23.4 Å². The second-order valence-electron chi connectivity index (χ2n) is 6.59. The number of aromatic amines is 1. The van der Waals surface area contributed by atoms with E-state index in [1.54, 1.807) is 6.92 Å². The highest BCUT2D eigenvalue weighted by atomic mass is 32.2. The molecule has 0 aromatic carbocycles. The van der Waals surface area contributed by atoms with Gasteiger partial charge in [0.25, 0.3) is 0 Å². The molecule has 2 N–H and O–H groups in total. The zero-order valence-corrected chi connectivity index (χ0v) is 16.8. The van der Waals surface area contributed by atoms with Crippen molar-refractivity contribution in [3.63, 3.8) is 0 Å². The molecule has 1 amide bonds. The number of rotatable bonds is 5. The summed E-state index contributed by atoms with van der Waals surface area (Å²) in [6, 6.07) is 2.22. The fourth-order valence-electron chi connectivity index (χ4n) is 3.13. The Morgan fingerprint density at radius 3 is 2.75 bits per heavy atom. The lowest BCUT2D eigenvalue weighted by atomic mass is 10.1. The SMILES string of the molecule is CNC(=O)CC1CCN(S(=O)(=O)c2cc(-c3cc(C(F)(F)F)[nH]n3)sc2C)C1. The van der Waals surface area contributed by atoms with E-state index < -0.39 is 21.9 Å². The lowest BCUT2D eigenvalue weighted by molar-refractivity contribution is -0.141. The maximum Gasteiger partial charge on any atom is 0.432 e. The summed E-state index contributed by atoms with van der Waals surface area (Å²) in [6.07, 6.45) is -3.72. The highest BCUT2D eigenvalue weighted by Gasteiger charge is 2.36. The van der Waals surface area contributed by atoms with Gasteiger partial charge in [-0.2, -0.15) is 22.6 Å². The molecule has 1 fully saturated rings. The molecule has 7 nitrogen and oxygen atoms in total. The highest BCUT2D eigenvalue weighted by molar-refractivity contribution is 7.89. The topological polar surface area (TPSA) is 95.2 Å². The molecule has 1 atom stereocenters. The number of aromatic nitrogens is 2. The van der Waals surface area contributed by atoms with E-state index in [0.717, 1.165) is 17.4 Å². The first-order chi connectivity index (χ1) is 13.0. The summed E-state index contributed by atoms with van der Waals surface area (Å²) in [4.78, 5) is 12.4. The van der Waals surface area contributed by atoms with Crippen LogP contribution < -0.4 is 5.32 Å². The van der Waals surface area contributed by atoms with Crippen molar-refractivity contribution in [2.45, 2.75) is 30.8 Å². The number of H-pyrrole nitrogens is 1. The summed E-state index contributed by atoms with van der Waals surface area (Å²) >= 11 is 1.07. The van der Waals surface area contributed by atoms with Gasteiger partial charge in [0, 0.05) is 31.4 Å². The van der Waals surface area contributed by atoms with Crippen LogP contribution in [-0.2, 0) is 21.0 Å². The van der Waals surface area contributed by atoms with Crippen LogP contribution in [0.5, 0.6) is 0 Å². The highest BCUT2D eigenvalue weighted by Crippen LogP contribution is 2.37. The number of hydrogen-bond acceptors (Lipinski definition) is 5. The Morgan fingerprint density at radius 2 is 2.14 bits per heavy atom. The minimum atomic E-state index is -4.55. The number of carbonyl (C=O) groups excluding carboxylic acids is 1. The molecule has 1 aliphatic rings. The second-order valence-corrected chi connectivity index (χ2v) is 9.75. The van der Waals surface area contributed by atoms with E-state index in [2.05, 4.69) is 10.4 Å². The Morgan fingerprint density at radius 1 is 1.43 bits per heavy atom. The van der Waals surface area contributed by atoms with Gasteiger partial charge < -0.3 is 5.32 Å². The molecule has 3 rings (SSSR count). The molecule has 0 saturated carbocycles. The number of nitrogens with one attached hydrogen (secondary N) is 2. The molecule has 0 aliphatic carbocycles. The minimum absolute atomic E-state index is 0.0424. The molecule has 3 heterocycles. The average Bonchev–Trinajstić information content (AvgIpc) is 3.32. The molecule has 1 unspecified atom stereocenters. The van der Waals surface area contributed by atoms with Crippen molar-refractivity contribution < 1.29 is 26.4 Å². The third kappa shape index (κ3) is 4.08. The molecule has 2 aromatic heterocycles. The van der Waals surface area contributed by atoms with Crippen LogP contribution in [0.15, 0.2) is 17.0 Å². The van der Waals surface area contributed by atoms with Crippen LogP contribution in [-0.4, -0.2) is 49.0 Å². The largest absolute Gasteiger partial charge is 0.432 e. The van der Waals surface area contributed by atoms with Gasteiger partial charge in [0.05, 0.1) is 9.77 Å². The molecule has 2 aromatic rings. The Balaban J connectivity index is 1.82. The number of sulfonamides is 1. The summed E-state index contributed by atoms with van der Waals surface area (Å²) < 4.78 is 65.5. The normalized spacial score (nSPS) is 18.5. The monoisotopic (exact) mass is 436 g/mol. The lowest BCUT2D eigenvalue weighted by Gasteiger charge is -2.16. The molecule has 1 saturated heterocycles. The summed E-state index contributed by atoms with van der Waals surface area (Å²) in [7, 11) is -2.27. The number of carbonyl (C=O) groups is 1. The van der Waals surface area contributed by atoms with Crippen molar-refractivity contribution in [1.29, 1.82) is 0 Å². The van der Waals surface area contributed by atoms with E-state index in [1.807, 2.05) is 5.10 Å². The zero-order valence-electron chi connectivity index (χ0n) is 15.1. The third-order valence-corrected chi connectivity index (χ3v) is 7.82. The van der Waals surface area contributed by atoms with Gasteiger partial charge in [-0.1, -0.05) is 0 Å². The molecule has 12 heteroatoms. The van der Waals surface area contributed by atoms with Crippen molar-refractivity contribution in [3.8, 4) is 10.6 Å². The van der Waals surface area contributed by atoms with Crippen LogP contribution in [0.2, 0.25) is 0 Å². The number of thiophene rings is 1. The van der Waals surface area contributed by atoms with Crippen molar-refractivity contribution >= 4 is 27.3 Å². The minimum Gasteiger partial charge on any atom is -0.359 e. The number of nitrogens with zero attached hydrogens (tertiary/aromatic N) is 2. The van der Waals surface area contributed by atoms with Crippen LogP contribution in [0, 0.1) is 12.8 Å². The van der Waals surface area contributed by atoms with Crippen LogP contribution in [0.4, 0.5) is 13.2 Å². The molecule has 28 heavy (non-hydrogen) atoms. The lowest BCUT2D eigenvalue weighted by Crippen LogP contribution is -2.30. The van der Waals surface area contributed by atoms with Crippen molar-refractivity contribution in [3.05, 3.63) is 22.7 Å². The van der Waals surface area contributed by atoms with Crippen LogP contribution >= 0.6 is 11.3 Å². The Bertz CT molecular complexity index is 982. The van der Waals surface area contributed by atoms with E-state index in [0.29, 0.717) is 22.7 Å². The van der Waals surface area contributed by atoms with Crippen molar-refractivity contribution in [2.24, 2.45) is 5.92 Å². The maximum atomic E-state index is 13.0. The Hall–Kier alpha value is -1.92. The summed E-state index contributed by atoms with van der Waals surface area (Å²) in [5.74, 6) is -0.203. The van der Waals surface area contributed by atoms with E-state index in [9.17, 15) is 26.4 Å². The zero-order chi connectivity index (χ0) is 20.7. The maximum absolute atomic E-state index is 13.0. The van der Waals surface area contributed by atoms with Gasteiger partial charge in [0.1, 0.15) is 11.4 Å². The Labute approximate surface area is 164 Å². The molecular weight excluding hydrogens is 417 g/mol. The second kappa shape index (κ2) is 7.48. The fraction of sp³-hybridized carbons (Fsp3) is 0.500. The fourth-order valence-corrected chi connectivity index (χ4v) is 6.18. The number of hydrogen-bond donors (Lipinski definition) is 2. The molecule has 154 valence electrons. The first kappa shape index (κ1) is 20.8. The van der Waals surface area contributed by atoms with Gasteiger partial charge in [-0.25, -0.2) is 8.42 Å². The first-order valence-corrected chi connectivity index (χ1v) is 10.7. The predicted octanol–water partition coefficient (Wildman–Crippen LogP) is 2.61. The number of alkyl halides is 3. The van der Waals surface area contributed by atoms with E-state index >= 15 is 0 Å². The Kier molecular flexibility index (Phi) is 5.56. The molecule has 0 bridgehead atoms. The molecule has 0 radical (unpaired) electrons. The van der Waals surface area contributed by atoms with Gasteiger partial charge in [-0.15, -0.1) is 11.3 Å². The number of halogens is 3. The summed E-state index contributed by atoms with van der Waals surface area (Å²) in [5, 5.41) is 8.11. The van der Waals surface area contributed by atoms with Gasteiger partial charge >= 0.3 is 6.18 Å². The predicted molar refractivity (Wildman–Crippen MR) is 97.2 cm³/mol. The number of amides is 1. The van der Waals surface area contributed by atoms with Gasteiger partial charge in [-0.3, -0.25) is 9.89 Å². The quantitative estimate of drug-likeness (QED) is 0.753.